The van der Waals surface area contributed by atoms with Crippen LogP contribution in [0.25, 0.3) is 0 Å². The average molecular weight is 391 g/mol. The molecule has 2 bridgehead atoms. The number of nitrogens with one attached hydrogen (secondary N) is 2. The fourth-order valence-electron chi connectivity index (χ4n) is 5.34. The van der Waals surface area contributed by atoms with Crippen LogP contribution in [0.4, 0.5) is 0 Å². The zero-order valence-electron chi connectivity index (χ0n) is 16.4. The molecule has 2 amide bonds. The molecule has 6 heteroatoms. The van der Waals surface area contributed by atoms with Crippen LogP contribution in [-0.2, 0) is 4.79 Å². The fourth-order valence-corrected chi connectivity index (χ4v) is 5.34. The second-order valence-corrected chi connectivity index (χ2v) is 8.53. The van der Waals surface area contributed by atoms with Gasteiger partial charge in [0.25, 0.3) is 5.91 Å². The van der Waals surface area contributed by atoms with Gasteiger partial charge in [-0.1, -0.05) is 12.1 Å². The van der Waals surface area contributed by atoms with E-state index in [9.17, 15) is 9.59 Å². The molecular weight excluding hydrogens is 366 g/mol. The summed E-state index contributed by atoms with van der Waals surface area (Å²) in [6.07, 6.45) is 6.86. The Labute approximate surface area is 170 Å². The molecule has 1 aromatic carbocycles. The molecule has 6 nitrogen and oxygen atoms in total. The fraction of sp³-hybridized carbons (Fsp3) is 0.435. The van der Waals surface area contributed by atoms with E-state index in [0.29, 0.717) is 17.7 Å². The standard InChI is InChI=1S/C23H25N3O3/c1-14(15-8-10-24-11-9-15)25-21(27)19-12-17-7-6-16(19)13-23(17)26-22(28)18-4-2-3-5-20(18)29-23/h2-5,8-11,14,16-17,19H,6-7,12-13H2,1H3,(H,25,27)(H,26,28). The second kappa shape index (κ2) is 6.87. The van der Waals surface area contributed by atoms with Gasteiger partial charge in [-0.2, -0.15) is 0 Å². The van der Waals surface area contributed by atoms with Gasteiger partial charge in [0.05, 0.1) is 11.6 Å². The minimum atomic E-state index is -0.679. The largest absolute Gasteiger partial charge is 0.467 e. The van der Waals surface area contributed by atoms with Gasteiger partial charge < -0.3 is 15.4 Å². The molecule has 3 aliphatic carbocycles. The Morgan fingerprint density at radius 2 is 2.03 bits per heavy atom. The van der Waals surface area contributed by atoms with Crippen LogP contribution in [0.2, 0.25) is 0 Å². The summed E-state index contributed by atoms with van der Waals surface area (Å²) in [4.78, 5) is 29.8. The summed E-state index contributed by atoms with van der Waals surface area (Å²) in [5, 5.41) is 6.32. The van der Waals surface area contributed by atoms with Crippen LogP contribution >= 0.6 is 0 Å². The lowest BCUT2D eigenvalue weighted by atomic mass is 9.60. The average Bonchev–Trinajstić information content (AvgIpc) is 2.74. The van der Waals surface area contributed by atoms with Gasteiger partial charge >= 0.3 is 0 Å². The van der Waals surface area contributed by atoms with Crippen LogP contribution in [0.5, 0.6) is 5.75 Å². The van der Waals surface area contributed by atoms with E-state index in [-0.39, 0.29) is 35.6 Å². The van der Waals surface area contributed by atoms with Crippen molar-refractivity contribution in [2.45, 2.75) is 44.4 Å². The van der Waals surface area contributed by atoms with Crippen LogP contribution in [0.3, 0.4) is 0 Å². The molecule has 1 spiro atoms. The first-order chi connectivity index (χ1) is 14.1. The first-order valence-corrected chi connectivity index (χ1v) is 10.4. The Balaban J connectivity index is 1.32. The van der Waals surface area contributed by atoms with Gasteiger partial charge in [-0.3, -0.25) is 14.6 Å². The number of pyridine rings is 1. The zero-order valence-corrected chi connectivity index (χ0v) is 16.4. The SMILES string of the molecule is CC(NC(=O)C1CC2CCC1CC21NC(=O)c2ccccc2O1)c1ccncc1. The van der Waals surface area contributed by atoms with Crippen molar-refractivity contribution < 1.29 is 14.3 Å². The van der Waals surface area contributed by atoms with Gasteiger partial charge in [0.15, 0.2) is 5.72 Å². The lowest BCUT2D eigenvalue weighted by Crippen LogP contribution is -2.66. The number of hydrogen-bond acceptors (Lipinski definition) is 4. The van der Waals surface area contributed by atoms with Crippen molar-refractivity contribution in [1.82, 2.24) is 15.6 Å². The molecule has 4 aliphatic rings. The third-order valence-corrected chi connectivity index (χ3v) is 6.87. The van der Waals surface area contributed by atoms with Crippen molar-refractivity contribution in [3.63, 3.8) is 0 Å². The number of amides is 2. The number of aromatic nitrogens is 1. The second-order valence-electron chi connectivity index (χ2n) is 8.53. The quantitative estimate of drug-likeness (QED) is 0.842. The number of fused-ring (bicyclic) bond motifs is 3. The van der Waals surface area contributed by atoms with Crippen LogP contribution in [0.1, 0.15) is 54.6 Å². The predicted molar refractivity (Wildman–Crippen MR) is 107 cm³/mol. The Kier molecular flexibility index (Phi) is 4.30. The monoisotopic (exact) mass is 391 g/mol. The van der Waals surface area contributed by atoms with Crippen molar-refractivity contribution in [2.24, 2.45) is 17.8 Å². The van der Waals surface area contributed by atoms with E-state index in [1.807, 2.05) is 37.3 Å². The number of carbonyl (C=O) groups is 2. The number of ether oxygens (including phenoxy) is 1. The molecule has 6 rings (SSSR count). The summed E-state index contributed by atoms with van der Waals surface area (Å²) in [5.74, 6) is 0.970. The van der Waals surface area contributed by atoms with Crippen molar-refractivity contribution in [3.05, 3.63) is 59.9 Å². The lowest BCUT2D eigenvalue weighted by Gasteiger charge is -2.55. The molecule has 2 N–H and O–H groups in total. The van der Waals surface area contributed by atoms with Crippen LogP contribution in [-0.4, -0.2) is 22.5 Å². The molecule has 2 heterocycles. The van der Waals surface area contributed by atoms with E-state index in [4.69, 9.17) is 4.74 Å². The molecule has 0 saturated heterocycles. The summed E-state index contributed by atoms with van der Waals surface area (Å²) in [6.45, 7) is 2.00. The highest BCUT2D eigenvalue weighted by atomic mass is 16.5. The van der Waals surface area contributed by atoms with Crippen LogP contribution < -0.4 is 15.4 Å². The highest BCUT2D eigenvalue weighted by Gasteiger charge is 2.57. The van der Waals surface area contributed by atoms with E-state index in [0.717, 1.165) is 24.8 Å². The maximum atomic E-state index is 13.1. The Morgan fingerprint density at radius 3 is 2.79 bits per heavy atom. The van der Waals surface area contributed by atoms with Crippen molar-refractivity contribution in [3.8, 4) is 5.75 Å². The van der Waals surface area contributed by atoms with Gasteiger partial charge in [-0.25, -0.2) is 0 Å². The summed E-state index contributed by atoms with van der Waals surface area (Å²) in [6, 6.07) is 11.2. The lowest BCUT2D eigenvalue weighted by molar-refractivity contribution is -0.147. The van der Waals surface area contributed by atoms with Crippen LogP contribution in [0.15, 0.2) is 48.8 Å². The number of para-hydroxylation sites is 1. The minimum absolute atomic E-state index is 0.0404. The number of carbonyl (C=O) groups excluding carboxylic acids is 2. The van der Waals surface area contributed by atoms with Gasteiger partial charge in [0.2, 0.25) is 5.91 Å². The summed E-state index contributed by atoms with van der Waals surface area (Å²) in [5.41, 5.74) is 0.951. The summed E-state index contributed by atoms with van der Waals surface area (Å²) in [7, 11) is 0. The Hall–Kier alpha value is -2.89. The molecule has 1 aromatic heterocycles. The van der Waals surface area contributed by atoms with Crippen molar-refractivity contribution in [1.29, 1.82) is 0 Å². The highest BCUT2D eigenvalue weighted by Crippen LogP contribution is 2.52. The first kappa shape index (κ1) is 18.2. The van der Waals surface area contributed by atoms with E-state index < -0.39 is 5.72 Å². The Morgan fingerprint density at radius 1 is 1.24 bits per heavy atom. The Bertz CT molecular complexity index is 947. The smallest absolute Gasteiger partial charge is 0.258 e. The van der Waals surface area contributed by atoms with Crippen molar-refractivity contribution in [2.75, 3.05) is 0 Å². The van der Waals surface area contributed by atoms with Gasteiger partial charge in [-0.05, 0) is 61.9 Å². The topological polar surface area (TPSA) is 80.3 Å². The number of benzene rings is 1. The zero-order chi connectivity index (χ0) is 20.0. The molecule has 1 aliphatic heterocycles. The summed E-state index contributed by atoms with van der Waals surface area (Å²) >= 11 is 0. The maximum absolute atomic E-state index is 13.1. The molecule has 3 saturated carbocycles. The third-order valence-electron chi connectivity index (χ3n) is 6.87. The van der Waals surface area contributed by atoms with Crippen molar-refractivity contribution >= 4 is 11.8 Å². The molecule has 150 valence electrons. The van der Waals surface area contributed by atoms with E-state index >= 15 is 0 Å². The van der Waals surface area contributed by atoms with Crippen LogP contribution in [0, 0.1) is 17.8 Å². The molecule has 29 heavy (non-hydrogen) atoms. The number of nitrogens with zero attached hydrogens (tertiary/aromatic N) is 1. The molecule has 2 aromatic rings. The third kappa shape index (κ3) is 3.07. The first-order valence-electron chi connectivity index (χ1n) is 10.4. The molecule has 5 unspecified atom stereocenters. The van der Waals surface area contributed by atoms with Gasteiger partial charge in [0.1, 0.15) is 5.75 Å². The molecule has 5 atom stereocenters. The highest BCUT2D eigenvalue weighted by molar-refractivity contribution is 5.98. The van der Waals surface area contributed by atoms with Gasteiger partial charge in [-0.15, -0.1) is 0 Å². The number of hydrogen-bond donors (Lipinski definition) is 2. The molecule has 0 radical (unpaired) electrons. The van der Waals surface area contributed by atoms with E-state index in [1.54, 1.807) is 18.5 Å². The predicted octanol–water partition coefficient (Wildman–Crippen LogP) is 3.21. The molecular formula is C23H25N3O3. The number of rotatable bonds is 3. The van der Waals surface area contributed by atoms with E-state index in [1.165, 1.54) is 0 Å². The maximum Gasteiger partial charge on any atom is 0.258 e. The molecule has 3 fully saturated rings. The summed E-state index contributed by atoms with van der Waals surface area (Å²) < 4.78 is 6.37. The van der Waals surface area contributed by atoms with E-state index in [2.05, 4.69) is 15.6 Å². The van der Waals surface area contributed by atoms with Gasteiger partial charge in [0, 0.05) is 30.7 Å². The normalized spacial score (nSPS) is 30.8. The minimum Gasteiger partial charge on any atom is -0.467 e.